The summed E-state index contributed by atoms with van der Waals surface area (Å²) in [5.74, 6) is -0.129. The number of amides is 2. The normalized spacial score (nSPS) is 21.3. The van der Waals surface area contributed by atoms with Crippen molar-refractivity contribution in [3.05, 3.63) is 35.8 Å². The van der Waals surface area contributed by atoms with Crippen LogP contribution in [-0.2, 0) is 9.53 Å². The number of aromatic nitrogens is 2. The van der Waals surface area contributed by atoms with Gasteiger partial charge in [-0.15, -0.1) is 0 Å². The van der Waals surface area contributed by atoms with Crippen molar-refractivity contribution in [2.45, 2.75) is 38.7 Å². The number of carbonyl (C=O) groups is 2. The number of imidazole rings is 1. The lowest BCUT2D eigenvalue weighted by Crippen LogP contribution is -2.52. The number of nitrogens with zero attached hydrogens (tertiary/aromatic N) is 4. The summed E-state index contributed by atoms with van der Waals surface area (Å²) in [6.07, 6.45) is 7.51. The Balaban J connectivity index is 1.47. The Bertz CT molecular complexity index is 839. The summed E-state index contributed by atoms with van der Waals surface area (Å²) in [6, 6.07) is 3.91. The van der Waals surface area contributed by atoms with Crippen molar-refractivity contribution in [1.82, 2.24) is 19.2 Å². The predicted octanol–water partition coefficient (Wildman–Crippen LogP) is 1.89. The van der Waals surface area contributed by atoms with Gasteiger partial charge >= 0.3 is 0 Å². The topological polar surface area (TPSA) is 67.2 Å². The third-order valence-electron chi connectivity index (χ3n) is 5.44. The highest BCUT2D eigenvalue weighted by atomic mass is 16.5. The van der Waals surface area contributed by atoms with Crippen molar-refractivity contribution in [2.75, 3.05) is 32.8 Å². The SMILES string of the molecule is Cc1cccn2cc(C(=O)N3CCOC(C(=O)N4CCCCCC4)C3)nc12. The van der Waals surface area contributed by atoms with Gasteiger partial charge in [-0.05, 0) is 31.4 Å². The number of hydrogen-bond acceptors (Lipinski definition) is 4. The molecule has 0 spiro atoms. The molecular formula is C20H26N4O3. The molecule has 0 radical (unpaired) electrons. The predicted molar refractivity (Wildman–Crippen MR) is 101 cm³/mol. The standard InChI is InChI=1S/C20H26N4O3/c1-15-7-6-10-23-13-16(21-18(15)23)19(25)24-11-12-27-17(14-24)20(26)22-8-4-2-3-5-9-22/h6-7,10,13,17H,2-5,8-9,11-12,14H2,1H3. The minimum atomic E-state index is -0.570. The molecule has 7 heteroatoms. The Morgan fingerprint density at radius 3 is 2.63 bits per heavy atom. The van der Waals surface area contributed by atoms with Gasteiger partial charge < -0.3 is 18.9 Å². The molecular weight excluding hydrogens is 344 g/mol. The molecule has 144 valence electrons. The van der Waals surface area contributed by atoms with Crippen molar-refractivity contribution < 1.29 is 14.3 Å². The summed E-state index contributed by atoms with van der Waals surface area (Å²) in [5, 5.41) is 0. The van der Waals surface area contributed by atoms with Crippen LogP contribution < -0.4 is 0 Å². The minimum absolute atomic E-state index is 0.0141. The number of hydrogen-bond donors (Lipinski definition) is 0. The molecule has 0 aromatic carbocycles. The molecule has 1 atom stereocenters. The lowest BCUT2D eigenvalue weighted by Gasteiger charge is -2.34. The first-order chi connectivity index (χ1) is 13.1. The minimum Gasteiger partial charge on any atom is -0.365 e. The maximum atomic E-state index is 12.9. The fourth-order valence-corrected chi connectivity index (χ4v) is 3.90. The van der Waals surface area contributed by atoms with Crippen LogP contribution in [0.5, 0.6) is 0 Å². The van der Waals surface area contributed by atoms with E-state index >= 15 is 0 Å². The highest BCUT2D eigenvalue weighted by Gasteiger charge is 2.33. The highest BCUT2D eigenvalue weighted by Crippen LogP contribution is 2.17. The number of pyridine rings is 1. The number of likely N-dealkylation sites (tertiary alicyclic amines) is 1. The molecule has 27 heavy (non-hydrogen) atoms. The number of carbonyl (C=O) groups excluding carboxylic acids is 2. The van der Waals surface area contributed by atoms with E-state index < -0.39 is 6.10 Å². The van der Waals surface area contributed by atoms with Gasteiger partial charge in [-0.3, -0.25) is 9.59 Å². The lowest BCUT2D eigenvalue weighted by atomic mass is 10.2. The maximum Gasteiger partial charge on any atom is 0.274 e. The van der Waals surface area contributed by atoms with E-state index in [4.69, 9.17) is 4.74 Å². The Morgan fingerprint density at radius 2 is 1.89 bits per heavy atom. The highest BCUT2D eigenvalue weighted by molar-refractivity contribution is 5.93. The molecule has 0 N–H and O–H groups in total. The maximum absolute atomic E-state index is 12.9. The molecule has 2 saturated heterocycles. The summed E-state index contributed by atoms with van der Waals surface area (Å²) in [6.45, 7) is 4.71. The van der Waals surface area contributed by atoms with Crippen molar-refractivity contribution in [3.63, 3.8) is 0 Å². The molecule has 7 nitrogen and oxygen atoms in total. The Morgan fingerprint density at radius 1 is 1.11 bits per heavy atom. The van der Waals surface area contributed by atoms with Crippen molar-refractivity contribution >= 4 is 17.5 Å². The van der Waals surface area contributed by atoms with Crippen LogP contribution in [0.4, 0.5) is 0 Å². The van der Waals surface area contributed by atoms with Gasteiger partial charge in [-0.1, -0.05) is 18.9 Å². The summed E-state index contributed by atoms with van der Waals surface area (Å²) >= 11 is 0. The summed E-state index contributed by atoms with van der Waals surface area (Å²) in [4.78, 5) is 33.9. The molecule has 2 fully saturated rings. The second kappa shape index (κ2) is 7.68. The first-order valence-electron chi connectivity index (χ1n) is 9.77. The average Bonchev–Trinajstić information content (AvgIpc) is 2.95. The molecule has 2 aromatic rings. The number of morpholine rings is 1. The number of ether oxygens (including phenoxy) is 1. The number of rotatable bonds is 2. The van der Waals surface area contributed by atoms with E-state index in [1.807, 2.05) is 34.6 Å². The molecule has 0 saturated carbocycles. The summed E-state index contributed by atoms with van der Waals surface area (Å²) in [5.41, 5.74) is 2.21. The zero-order chi connectivity index (χ0) is 18.8. The van der Waals surface area contributed by atoms with Crippen molar-refractivity contribution in [1.29, 1.82) is 0 Å². The van der Waals surface area contributed by atoms with Crippen LogP contribution in [-0.4, -0.2) is 69.9 Å². The van der Waals surface area contributed by atoms with Crippen LogP contribution in [0.25, 0.3) is 5.65 Å². The van der Waals surface area contributed by atoms with E-state index in [1.165, 1.54) is 12.8 Å². The lowest BCUT2D eigenvalue weighted by molar-refractivity contribution is -0.148. The first kappa shape index (κ1) is 18.0. The zero-order valence-electron chi connectivity index (χ0n) is 15.8. The number of aryl methyl sites for hydroxylation is 1. The molecule has 2 aliphatic rings. The second-order valence-electron chi connectivity index (χ2n) is 7.40. The fourth-order valence-electron chi connectivity index (χ4n) is 3.90. The van der Waals surface area contributed by atoms with Gasteiger partial charge in [0.2, 0.25) is 0 Å². The van der Waals surface area contributed by atoms with Gasteiger partial charge in [0.1, 0.15) is 11.3 Å². The monoisotopic (exact) mass is 370 g/mol. The number of fused-ring (bicyclic) bond motifs is 1. The quantitative estimate of drug-likeness (QED) is 0.810. The van der Waals surface area contributed by atoms with Gasteiger partial charge in [0.25, 0.3) is 11.8 Å². The van der Waals surface area contributed by atoms with Crippen LogP contribution in [0.3, 0.4) is 0 Å². The van der Waals surface area contributed by atoms with E-state index in [-0.39, 0.29) is 11.8 Å². The molecule has 0 bridgehead atoms. The van der Waals surface area contributed by atoms with E-state index in [2.05, 4.69) is 4.98 Å². The molecule has 2 aliphatic heterocycles. The molecule has 0 aliphatic carbocycles. The molecule has 4 heterocycles. The summed E-state index contributed by atoms with van der Waals surface area (Å²) in [7, 11) is 0. The van der Waals surface area contributed by atoms with Gasteiger partial charge in [0, 0.05) is 32.0 Å². The third-order valence-corrected chi connectivity index (χ3v) is 5.44. The second-order valence-corrected chi connectivity index (χ2v) is 7.40. The molecule has 1 unspecified atom stereocenters. The first-order valence-corrected chi connectivity index (χ1v) is 9.77. The van der Waals surface area contributed by atoms with Crippen LogP contribution in [0.2, 0.25) is 0 Å². The van der Waals surface area contributed by atoms with E-state index in [9.17, 15) is 9.59 Å². The van der Waals surface area contributed by atoms with Crippen LogP contribution >= 0.6 is 0 Å². The van der Waals surface area contributed by atoms with Crippen LogP contribution in [0.1, 0.15) is 41.7 Å². The molecule has 4 rings (SSSR count). The van der Waals surface area contributed by atoms with E-state index in [1.54, 1.807) is 11.1 Å². The molecule has 2 aromatic heterocycles. The average molecular weight is 370 g/mol. The van der Waals surface area contributed by atoms with Crippen molar-refractivity contribution in [2.24, 2.45) is 0 Å². The van der Waals surface area contributed by atoms with Gasteiger partial charge in [0.05, 0.1) is 13.2 Å². The third kappa shape index (κ3) is 3.69. The molecule has 2 amide bonds. The largest absolute Gasteiger partial charge is 0.365 e. The van der Waals surface area contributed by atoms with Crippen LogP contribution in [0, 0.1) is 6.92 Å². The van der Waals surface area contributed by atoms with Crippen LogP contribution in [0.15, 0.2) is 24.5 Å². The van der Waals surface area contributed by atoms with E-state index in [0.29, 0.717) is 25.4 Å². The Hall–Kier alpha value is -2.41. The fraction of sp³-hybridized carbons (Fsp3) is 0.550. The van der Waals surface area contributed by atoms with Gasteiger partial charge in [-0.2, -0.15) is 0 Å². The Kier molecular flexibility index (Phi) is 5.11. The summed E-state index contributed by atoms with van der Waals surface area (Å²) < 4.78 is 7.58. The smallest absolute Gasteiger partial charge is 0.274 e. The Labute approximate surface area is 158 Å². The van der Waals surface area contributed by atoms with E-state index in [0.717, 1.165) is 37.1 Å². The van der Waals surface area contributed by atoms with Gasteiger partial charge in [-0.25, -0.2) is 4.98 Å². The van der Waals surface area contributed by atoms with Gasteiger partial charge in [0.15, 0.2) is 6.10 Å². The van der Waals surface area contributed by atoms with Crippen molar-refractivity contribution in [3.8, 4) is 0 Å². The zero-order valence-corrected chi connectivity index (χ0v) is 15.8.